The molecule has 0 aliphatic heterocycles. The van der Waals surface area contributed by atoms with Crippen molar-refractivity contribution in [1.82, 2.24) is 4.90 Å². The van der Waals surface area contributed by atoms with E-state index < -0.39 is 5.43 Å². The standard InChI is InChI=1S/C20H19NO3/c1-21(13-17-11-19(22)20(23)14-24-17)12-16-9-5-6-10-18(16)15-7-3-2-4-8-15/h2-11,14,23H,12-13H2,1H3. The van der Waals surface area contributed by atoms with Crippen molar-refractivity contribution >= 4 is 0 Å². The van der Waals surface area contributed by atoms with E-state index in [1.54, 1.807) is 0 Å². The van der Waals surface area contributed by atoms with Crippen LogP contribution in [-0.2, 0) is 13.1 Å². The zero-order valence-electron chi connectivity index (χ0n) is 13.5. The molecule has 0 fully saturated rings. The lowest BCUT2D eigenvalue weighted by molar-refractivity contribution is 0.281. The largest absolute Gasteiger partial charge is 0.502 e. The van der Waals surface area contributed by atoms with Gasteiger partial charge in [-0.25, -0.2) is 0 Å². The van der Waals surface area contributed by atoms with E-state index in [0.29, 0.717) is 12.3 Å². The fourth-order valence-electron chi connectivity index (χ4n) is 2.70. The second-order valence-electron chi connectivity index (χ2n) is 5.79. The lowest BCUT2D eigenvalue weighted by atomic mass is 9.99. The minimum absolute atomic E-state index is 0.365. The van der Waals surface area contributed by atoms with Gasteiger partial charge in [-0.05, 0) is 23.7 Å². The summed E-state index contributed by atoms with van der Waals surface area (Å²) in [4.78, 5) is 13.6. The first-order valence-corrected chi connectivity index (χ1v) is 7.76. The quantitative estimate of drug-likeness (QED) is 0.779. The molecule has 2 aromatic carbocycles. The van der Waals surface area contributed by atoms with Crippen LogP contribution >= 0.6 is 0 Å². The van der Waals surface area contributed by atoms with Gasteiger partial charge in [0, 0.05) is 12.6 Å². The molecule has 0 radical (unpaired) electrons. The average molecular weight is 321 g/mol. The number of nitrogens with zero attached hydrogens (tertiary/aromatic N) is 1. The summed E-state index contributed by atoms with van der Waals surface area (Å²) in [7, 11) is 1.97. The molecule has 0 bridgehead atoms. The normalized spacial score (nSPS) is 10.9. The van der Waals surface area contributed by atoms with E-state index in [9.17, 15) is 9.90 Å². The molecular weight excluding hydrogens is 302 g/mol. The number of aromatic hydroxyl groups is 1. The van der Waals surface area contributed by atoms with Gasteiger partial charge in [0.1, 0.15) is 12.0 Å². The van der Waals surface area contributed by atoms with Gasteiger partial charge in [-0.1, -0.05) is 54.6 Å². The van der Waals surface area contributed by atoms with E-state index in [1.807, 2.05) is 37.4 Å². The Bertz CT molecular complexity index is 871. The SMILES string of the molecule is CN(Cc1cc(=O)c(O)co1)Cc1ccccc1-c1ccccc1. The van der Waals surface area contributed by atoms with Gasteiger partial charge in [-0.15, -0.1) is 0 Å². The minimum atomic E-state index is -0.422. The van der Waals surface area contributed by atoms with Crippen LogP contribution in [0.3, 0.4) is 0 Å². The number of hydrogen-bond donors (Lipinski definition) is 1. The molecule has 0 spiro atoms. The van der Waals surface area contributed by atoms with Gasteiger partial charge < -0.3 is 9.52 Å². The molecule has 0 saturated carbocycles. The molecule has 4 heteroatoms. The lowest BCUT2D eigenvalue weighted by Crippen LogP contribution is -2.18. The summed E-state index contributed by atoms with van der Waals surface area (Å²) in [6.45, 7) is 1.20. The summed E-state index contributed by atoms with van der Waals surface area (Å²) < 4.78 is 5.27. The van der Waals surface area contributed by atoms with Gasteiger partial charge >= 0.3 is 0 Å². The average Bonchev–Trinajstić information content (AvgIpc) is 2.59. The van der Waals surface area contributed by atoms with Crippen molar-refractivity contribution in [1.29, 1.82) is 0 Å². The summed E-state index contributed by atoms with van der Waals surface area (Å²) in [6, 6.07) is 19.9. The smallest absolute Gasteiger partial charge is 0.226 e. The van der Waals surface area contributed by atoms with Crippen LogP contribution in [0.1, 0.15) is 11.3 Å². The zero-order valence-corrected chi connectivity index (χ0v) is 13.5. The van der Waals surface area contributed by atoms with Crippen molar-refractivity contribution in [2.45, 2.75) is 13.1 Å². The third-order valence-corrected chi connectivity index (χ3v) is 3.83. The van der Waals surface area contributed by atoms with Crippen LogP contribution < -0.4 is 5.43 Å². The second-order valence-corrected chi connectivity index (χ2v) is 5.79. The monoisotopic (exact) mass is 321 g/mol. The van der Waals surface area contributed by atoms with E-state index in [-0.39, 0.29) is 5.75 Å². The van der Waals surface area contributed by atoms with Crippen LogP contribution in [-0.4, -0.2) is 17.1 Å². The maximum atomic E-state index is 11.5. The molecule has 0 aliphatic carbocycles. The highest BCUT2D eigenvalue weighted by Gasteiger charge is 2.09. The van der Waals surface area contributed by atoms with Crippen LogP contribution in [0.2, 0.25) is 0 Å². The minimum Gasteiger partial charge on any atom is -0.502 e. The molecule has 1 N–H and O–H groups in total. The van der Waals surface area contributed by atoms with Gasteiger partial charge in [0.25, 0.3) is 0 Å². The van der Waals surface area contributed by atoms with Crippen molar-refractivity contribution in [3.05, 3.63) is 88.5 Å². The Kier molecular flexibility index (Phi) is 4.77. The fourth-order valence-corrected chi connectivity index (χ4v) is 2.70. The van der Waals surface area contributed by atoms with Gasteiger partial charge in [-0.3, -0.25) is 9.69 Å². The molecule has 1 heterocycles. The molecular formula is C20H19NO3. The highest BCUT2D eigenvalue weighted by atomic mass is 16.4. The second kappa shape index (κ2) is 7.15. The van der Waals surface area contributed by atoms with E-state index in [0.717, 1.165) is 12.8 Å². The van der Waals surface area contributed by atoms with E-state index in [1.165, 1.54) is 22.8 Å². The Morgan fingerprint density at radius 3 is 2.46 bits per heavy atom. The zero-order chi connectivity index (χ0) is 16.9. The molecule has 0 saturated heterocycles. The first kappa shape index (κ1) is 16.0. The van der Waals surface area contributed by atoms with Crippen molar-refractivity contribution in [3.8, 4) is 16.9 Å². The molecule has 4 nitrogen and oxygen atoms in total. The van der Waals surface area contributed by atoms with E-state index in [2.05, 4.69) is 29.2 Å². The first-order valence-electron chi connectivity index (χ1n) is 7.76. The van der Waals surface area contributed by atoms with Crippen molar-refractivity contribution in [2.24, 2.45) is 0 Å². The van der Waals surface area contributed by atoms with Crippen molar-refractivity contribution in [3.63, 3.8) is 0 Å². The molecule has 1 aromatic heterocycles. The Labute approximate surface area is 140 Å². The Morgan fingerprint density at radius 1 is 1.00 bits per heavy atom. The van der Waals surface area contributed by atoms with Crippen LogP contribution in [0.5, 0.6) is 5.75 Å². The van der Waals surface area contributed by atoms with Crippen molar-refractivity contribution in [2.75, 3.05) is 7.05 Å². The summed E-state index contributed by atoms with van der Waals surface area (Å²) in [6.07, 6.45) is 1.09. The summed E-state index contributed by atoms with van der Waals surface area (Å²) in [5.74, 6) is 0.160. The number of benzene rings is 2. The Hall–Kier alpha value is -2.85. The third-order valence-electron chi connectivity index (χ3n) is 3.83. The molecule has 122 valence electrons. The van der Waals surface area contributed by atoms with Gasteiger partial charge in [0.2, 0.25) is 5.43 Å². The maximum Gasteiger partial charge on any atom is 0.226 e. The van der Waals surface area contributed by atoms with Crippen LogP contribution in [0, 0.1) is 0 Å². The molecule has 0 atom stereocenters. The highest BCUT2D eigenvalue weighted by molar-refractivity contribution is 5.67. The molecule has 24 heavy (non-hydrogen) atoms. The predicted octanol–water partition coefficient (Wildman–Crippen LogP) is 3.64. The predicted molar refractivity (Wildman–Crippen MR) is 93.7 cm³/mol. The molecule has 3 rings (SSSR count). The van der Waals surface area contributed by atoms with Crippen LogP contribution in [0.15, 0.2) is 76.1 Å². The maximum absolute atomic E-state index is 11.5. The van der Waals surface area contributed by atoms with E-state index in [4.69, 9.17) is 4.42 Å². The van der Waals surface area contributed by atoms with Crippen molar-refractivity contribution < 1.29 is 9.52 Å². The molecule has 0 amide bonds. The molecule has 0 aliphatic rings. The highest BCUT2D eigenvalue weighted by Crippen LogP contribution is 2.24. The topological polar surface area (TPSA) is 53.7 Å². The summed E-state index contributed by atoms with van der Waals surface area (Å²) in [5, 5.41) is 9.26. The fraction of sp³-hybridized carbons (Fsp3) is 0.150. The van der Waals surface area contributed by atoms with Gasteiger partial charge in [0.05, 0.1) is 6.54 Å². The van der Waals surface area contributed by atoms with Crippen LogP contribution in [0.4, 0.5) is 0 Å². The van der Waals surface area contributed by atoms with Gasteiger partial charge in [-0.2, -0.15) is 0 Å². The summed E-state index contributed by atoms with van der Waals surface area (Å²) in [5.41, 5.74) is 3.15. The third kappa shape index (κ3) is 3.73. The first-order chi connectivity index (χ1) is 11.6. The van der Waals surface area contributed by atoms with Crippen LogP contribution in [0.25, 0.3) is 11.1 Å². The number of rotatable bonds is 5. The number of hydrogen-bond acceptors (Lipinski definition) is 4. The lowest BCUT2D eigenvalue weighted by Gasteiger charge is -2.18. The summed E-state index contributed by atoms with van der Waals surface area (Å²) >= 11 is 0. The molecule has 3 aromatic rings. The van der Waals surface area contributed by atoms with Gasteiger partial charge in [0.15, 0.2) is 5.75 Å². The Morgan fingerprint density at radius 2 is 1.71 bits per heavy atom. The molecule has 0 unspecified atom stereocenters. The van der Waals surface area contributed by atoms with E-state index >= 15 is 0 Å². The Balaban J connectivity index is 1.78.